The Morgan fingerprint density at radius 3 is 2.82 bits per heavy atom. The Kier molecular flexibility index (Phi) is 3.30. The van der Waals surface area contributed by atoms with E-state index in [1.54, 1.807) is 0 Å². The van der Waals surface area contributed by atoms with Gasteiger partial charge >= 0.3 is 0 Å². The van der Waals surface area contributed by atoms with Gasteiger partial charge < -0.3 is 5.32 Å². The van der Waals surface area contributed by atoms with Crippen LogP contribution in [0.25, 0.3) is 0 Å². The second kappa shape index (κ2) is 4.88. The van der Waals surface area contributed by atoms with E-state index in [1.807, 2.05) is 0 Å². The molecule has 0 radical (unpaired) electrons. The number of hydrogen-bond acceptors (Lipinski definition) is 4. The van der Waals surface area contributed by atoms with Gasteiger partial charge in [0.25, 0.3) is 0 Å². The second-order valence-electron chi connectivity index (χ2n) is 3.16. The van der Waals surface area contributed by atoms with E-state index in [-0.39, 0.29) is 16.3 Å². The number of carbonyl (C=O) groups is 1. The maximum Gasteiger partial charge on any atom is 0.152 e. The molecular weight excluding hydrogens is 245 g/mol. The quantitative estimate of drug-likeness (QED) is 0.853. The topological polar surface area (TPSA) is 54.9 Å². The number of benzene rings is 1. The molecule has 6 heteroatoms. The third-order valence-corrected chi connectivity index (χ3v) is 2.44. The molecule has 0 bridgehead atoms. The predicted octanol–water partition coefficient (Wildman–Crippen LogP) is 2.83. The molecule has 2 rings (SSSR count). The number of halogens is 2. The molecule has 0 amide bonds. The molecule has 0 unspecified atom stereocenters. The van der Waals surface area contributed by atoms with Crippen molar-refractivity contribution in [3.05, 3.63) is 47.1 Å². The van der Waals surface area contributed by atoms with Crippen LogP contribution in [0.3, 0.4) is 0 Å². The van der Waals surface area contributed by atoms with Gasteiger partial charge in [-0.2, -0.15) is 0 Å². The number of hydrogen-bond donors (Lipinski definition) is 1. The summed E-state index contributed by atoms with van der Waals surface area (Å²) < 4.78 is 13.3. The van der Waals surface area contributed by atoms with Gasteiger partial charge in [-0.05, 0) is 12.1 Å². The number of aldehydes is 1. The van der Waals surface area contributed by atoms with E-state index >= 15 is 0 Å². The Labute approximate surface area is 101 Å². The summed E-state index contributed by atoms with van der Waals surface area (Å²) in [5.74, 6) is -0.230. The van der Waals surface area contributed by atoms with Crippen molar-refractivity contribution in [1.82, 2.24) is 9.97 Å². The molecule has 1 aromatic heterocycles. The van der Waals surface area contributed by atoms with Crippen molar-refractivity contribution in [2.45, 2.75) is 0 Å². The molecule has 1 N–H and O–H groups in total. The molecule has 17 heavy (non-hydrogen) atoms. The highest BCUT2D eigenvalue weighted by atomic mass is 35.5. The van der Waals surface area contributed by atoms with Crippen LogP contribution < -0.4 is 5.32 Å². The van der Waals surface area contributed by atoms with E-state index in [2.05, 4.69) is 15.3 Å². The molecule has 86 valence electrons. The molecule has 1 heterocycles. The Balaban J connectivity index is 2.44. The zero-order valence-corrected chi connectivity index (χ0v) is 9.28. The maximum atomic E-state index is 13.3. The fourth-order valence-electron chi connectivity index (χ4n) is 1.28. The van der Waals surface area contributed by atoms with Crippen LogP contribution in [-0.2, 0) is 0 Å². The largest absolute Gasteiger partial charge is 0.337 e. The van der Waals surface area contributed by atoms with E-state index in [9.17, 15) is 9.18 Å². The van der Waals surface area contributed by atoms with Crippen molar-refractivity contribution in [3.8, 4) is 0 Å². The van der Waals surface area contributed by atoms with Crippen LogP contribution in [0.2, 0.25) is 5.02 Å². The standard InChI is InChI=1S/C11H7ClFN3O/c12-10-8(13)2-1-7(6-17)11(10)16-9-5-14-3-4-15-9/h1-6H,(H,15,16). The van der Waals surface area contributed by atoms with Crippen LogP contribution in [0.5, 0.6) is 0 Å². The summed E-state index contributed by atoms with van der Waals surface area (Å²) in [6.45, 7) is 0. The summed E-state index contributed by atoms with van der Waals surface area (Å²) in [5.41, 5.74) is 0.434. The first kappa shape index (κ1) is 11.5. The van der Waals surface area contributed by atoms with Crippen LogP contribution in [-0.4, -0.2) is 16.3 Å². The van der Waals surface area contributed by atoms with Crippen molar-refractivity contribution in [2.24, 2.45) is 0 Å². The molecule has 0 aliphatic rings. The zero-order valence-electron chi connectivity index (χ0n) is 8.52. The van der Waals surface area contributed by atoms with E-state index in [0.29, 0.717) is 12.1 Å². The summed E-state index contributed by atoms with van der Waals surface area (Å²) >= 11 is 5.78. The molecule has 0 spiro atoms. The zero-order chi connectivity index (χ0) is 12.3. The van der Waals surface area contributed by atoms with Gasteiger partial charge in [0, 0.05) is 18.0 Å². The van der Waals surface area contributed by atoms with Crippen molar-refractivity contribution >= 4 is 29.4 Å². The van der Waals surface area contributed by atoms with Crippen molar-refractivity contribution < 1.29 is 9.18 Å². The lowest BCUT2D eigenvalue weighted by Crippen LogP contribution is -2.00. The highest BCUT2D eigenvalue weighted by Crippen LogP contribution is 2.29. The van der Waals surface area contributed by atoms with E-state index < -0.39 is 5.82 Å². The molecule has 2 aromatic rings. The van der Waals surface area contributed by atoms with Gasteiger partial charge in [0.1, 0.15) is 16.7 Å². The highest BCUT2D eigenvalue weighted by Gasteiger charge is 2.12. The Morgan fingerprint density at radius 2 is 2.18 bits per heavy atom. The van der Waals surface area contributed by atoms with Gasteiger partial charge in [-0.1, -0.05) is 11.6 Å². The van der Waals surface area contributed by atoms with Crippen LogP contribution >= 0.6 is 11.6 Å². The SMILES string of the molecule is O=Cc1ccc(F)c(Cl)c1Nc1cnccn1. The summed E-state index contributed by atoms with van der Waals surface area (Å²) in [7, 11) is 0. The first-order valence-corrected chi connectivity index (χ1v) is 5.06. The smallest absolute Gasteiger partial charge is 0.152 e. The highest BCUT2D eigenvalue weighted by molar-refractivity contribution is 6.34. The summed E-state index contributed by atoms with van der Waals surface area (Å²) in [6, 6.07) is 2.47. The third-order valence-electron chi connectivity index (χ3n) is 2.07. The van der Waals surface area contributed by atoms with E-state index in [1.165, 1.54) is 24.7 Å². The van der Waals surface area contributed by atoms with Gasteiger partial charge in [-0.15, -0.1) is 0 Å². The number of anilines is 2. The van der Waals surface area contributed by atoms with Crippen LogP contribution in [0.1, 0.15) is 10.4 Å². The molecule has 0 aliphatic heterocycles. The third kappa shape index (κ3) is 2.39. The number of nitrogens with zero attached hydrogens (tertiary/aromatic N) is 2. The average molecular weight is 252 g/mol. The second-order valence-corrected chi connectivity index (χ2v) is 3.54. The minimum absolute atomic E-state index is 0.153. The fourth-order valence-corrected chi connectivity index (χ4v) is 1.50. The average Bonchev–Trinajstić information content (AvgIpc) is 2.37. The van der Waals surface area contributed by atoms with Gasteiger partial charge in [-0.25, -0.2) is 9.37 Å². The minimum atomic E-state index is -0.608. The molecule has 0 aliphatic carbocycles. The first-order valence-electron chi connectivity index (χ1n) is 4.68. The fraction of sp³-hybridized carbons (Fsp3) is 0. The van der Waals surface area contributed by atoms with E-state index in [4.69, 9.17) is 11.6 Å². The van der Waals surface area contributed by atoms with E-state index in [0.717, 1.165) is 6.07 Å². The van der Waals surface area contributed by atoms with Crippen molar-refractivity contribution in [1.29, 1.82) is 0 Å². The van der Waals surface area contributed by atoms with Crippen LogP contribution in [0.15, 0.2) is 30.7 Å². The van der Waals surface area contributed by atoms with Crippen molar-refractivity contribution in [2.75, 3.05) is 5.32 Å². The normalized spacial score (nSPS) is 10.0. The molecule has 0 saturated heterocycles. The summed E-state index contributed by atoms with van der Waals surface area (Å²) in [6.07, 6.45) is 4.99. The molecule has 0 saturated carbocycles. The number of carbonyl (C=O) groups excluding carboxylic acids is 1. The number of nitrogens with one attached hydrogen (secondary N) is 1. The lowest BCUT2D eigenvalue weighted by Gasteiger charge is -2.09. The lowest BCUT2D eigenvalue weighted by atomic mass is 10.2. The van der Waals surface area contributed by atoms with Gasteiger partial charge in [-0.3, -0.25) is 9.78 Å². The van der Waals surface area contributed by atoms with Crippen LogP contribution in [0.4, 0.5) is 15.9 Å². The number of aromatic nitrogens is 2. The Morgan fingerprint density at radius 1 is 1.35 bits per heavy atom. The first-order chi connectivity index (χ1) is 8.22. The summed E-state index contributed by atoms with van der Waals surface area (Å²) in [4.78, 5) is 18.6. The summed E-state index contributed by atoms with van der Waals surface area (Å²) in [5, 5.41) is 2.60. The van der Waals surface area contributed by atoms with Gasteiger partial charge in [0.05, 0.1) is 11.9 Å². The van der Waals surface area contributed by atoms with Gasteiger partial charge in [0.15, 0.2) is 6.29 Å². The Bertz CT molecular complexity index is 548. The lowest BCUT2D eigenvalue weighted by molar-refractivity contribution is 0.112. The molecular formula is C11H7ClFN3O. The predicted molar refractivity (Wildman–Crippen MR) is 62.1 cm³/mol. The molecule has 1 aromatic carbocycles. The Hall–Kier alpha value is -2.01. The molecule has 0 fully saturated rings. The molecule has 0 atom stereocenters. The van der Waals surface area contributed by atoms with Crippen molar-refractivity contribution in [3.63, 3.8) is 0 Å². The van der Waals surface area contributed by atoms with Crippen LogP contribution in [0, 0.1) is 5.82 Å². The minimum Gasteiger partial charge on any atom is -0.337 e. The van der Waals surface area contributed by atoms with Gasteiger partial charge in [0.2, 0.25) is 0 Å². The monoisotopic (exact) mass is 251 g/mol. The molecule has 4 nitrogen and oxygen atoms in total. The maximum absolute atomic E-state index is 13.3. The number of rotatable bonds is 3.